The Labute approximate surface area is 173 Å². The number of hydrazine groups is 1. The van der Waals surface area contributed by atoms with Crippen LogP contribution in [-0.2, 0) is 17.8 Å². The van der Waals surface area contributed by atoms with Crippen molar-refractivity contribution in [1.29, 1.82) is 0 Å². The van der Waals surface area contributed by atoms with Crippen LogP contribution in [0.3, 0.4) is 0 Å². The molecule has 0 aromatic heterocycles. The Morgan fingerprint density at radius 1 is 1.18 bits per heavy atom. The van der Waals surface area contributed by atoms with Gasteiger partial charge in [0.1, 0.15) is 11.8 Å². The van der Waals surface area contributed by atoms with Crippen LogP contribution in [0, 0.1) is 0 Å². The highest BCUT2D eigenvalue weighted by atomic mass is 35.5. The lowest BCUT2D eigenvalue weighted by atomic mass is 10.0. The van der Waals surface area contributed by atoms with Crippen LogP contribution in [0.4, 0.5) is 0 Å². The van der Waals surface area contributed by atoms with Crippen LogP contribution in [0.25, 0.3) is 0 Å². The third kappa shape index (κ3) is 3.68. The van der Waals surface area contributed by atoms with Gasteiger partial charge in [-0.1, -0.05) is 53.7 Å². The summed E-state index contributed by atoms with van der Waals surface area (Å²) in [6, 6.07) is 15.1. The number of fused-ring (bicyclic) bond motifs is 1. The average molecular weight is 414 g/mol. The van der Waals surface area contributed by atoms with Gasteiger partial charge in [-0.3, -0.25) is 9.80 Å². The van der Waals surface area contributed by atoms with E-state index in [2.05, 4.69) is 10.0 Å². The van der Waals surface area contributed by atoms with Crippen molar-refractivity contribution in [1.82, 2.24) is 10.0 Å². The van der Waals surface area contributed by atoms with E-state index in [0.29, 0.717) is 23.2 Å². The number of amidine groups is 1. The first-order chi connectivity index (χ1) is 13.6. The van der Waals surface area contributed by atoms with E-state index in [9.17, 15) is 4.79 Å². The summed E-state index contributed by atoms with van der Waals surface area (Å²) in [5.41, 5.74) is 3.07. The summed E-state index contributed by atoms with van der Waals surface area (Å²) in [5, 5.41) is 7.50. The number of ether oxygens (including phenoxy) is 1. The number of rotatable bonds is 5. The van der Waals surface area contributed by atoms with Gasteiger partial charge in [-0.25, -0.2) is 0 Å². The van der Waals surface area contributed by atoms with Gasteiger partial charge in [0.05, 0.1) is 7.11 Å². The van der Waals surface area contributed by atoms with Crippen molar-refractivity contribution in [2.45, 2.75) is 25.9 Å². The quantitative estimate of drug-likeness (QED) is 0.723. The molecule has 0 radical (unpaired) electrons. The van der Waals surface area contributed by atoms with Gasteiger partial charge in [0, 0.05) is 17.3 Å². The molecule has 28 heavy (non-hydrogen) atoms. The van der Waals surface area contributed by atoms with E-state index >= 15 is 0 Å². The van der Waals surface area contributed by atoms with Crippen LogP contribution in [0.2, 0.25) is 5.02 Å². The zero-order valence-electron chi connectivity index (χ0n) is 15.6. The second-order valence-electron chi connectivity index (χ2n) is 6.68. The minimum Gasteiger partial charge on any atom is -0.497 e. The zero-order chi connectivity index (χ0) is 19.7. The molecule has 2 aliphatic heterocycles. The third-order valence-corrected chi connectivity index (χ3v) is 6.14. The summed E-state index contributed by atoms with van der Waals surface area (Å²) in [5.74, 6) is 0.659. The average Bonchev–Trinajstić information content (AvgIpc) is 3.07. The molecule has 144 valence electrons. The van der Waals surface area contributed by atoms with Crippen molar-refractivity contribution in [2.24, 2.45) is 4.99 Å². The number of amides is 1. The van der Waals surface area contributed by atoms with Gasteiger partial charge in [-0.15, -0.1) is 0 Å². The fraction of sp³-hybridized carbons (Fsp3) is 0.238. The number of methoxy groups -OCH3 is 1. The van der Waals surface area contributed by atoms with Crippen molar-refractivity contribution < 1.29 is 9.53 Å². The van der Waals surface area contributed by atoms with Gasteiger partial charge in [0.25, 0.3) is 5.91 Å². The van der Waals surface area contributed by atoms with Crippen molar-refractivity contribution in [2.75, 3.05) is 7.11 Å². The molecule has 0 N–H and O–H groups in total. The Morgan fingerprint density at radius 2 is 1.93 bits per heavy atom. The number of halogens is 1. The number of aliphatic imine (C=N–C) groups is 1. The first-order valence-corrected chi connectivity index (χ1v) is 10.2. The Morgan fingerprint density at radius 3 is 2.64 bits per heavy atom. The highest BCUT2D eigenvalue weighted by molar-refractivity contribution is 8.16. The molecule has 0 bridgehead atoms. The predicted octanol–water partition coefficient (Wildman–Crippen LogP) is 4.48. The highest BCUT2D eigenvalue weighted by Crippen LogP contribution is 2.35. The van der Waals surface area contributed by atoms with Gasteiger partial charge in [0.15, 0.2) is 5.17 Å². The number of hydrogen-bond donors (Lipinski definition) is 0. The Kier molecular flexibility index (Phi) is 5.44. The topological polar surface area (TPSA) is 45.1 Å². The highest BCUT2D eigenvalue weighted by Gasteiger charge is 2.40. The Bertz CT molecular complexity index is 958. The van der Waals surface area contributed by atoms with Gasteiger partial charge >= 0.3 is 0 Å². The number of nitrogens with zero attached hydrogens (tertiary/aromatic N) is 3. The second kappa shape index (κ2) is 7.99. The lowest BCUT2D eigenvalue weighted by Crippen LogP contribution is -2.55. The predicted molar refractivity (Wildman–Crippen MR) is 113 cm³/mol. The van der Waals surface area contributed by atoms with E-state index in [-0.39, 0.29) is 5.91 Å². The van der Waals surface area contributed by atoms with Crippen LogP contribution in [0.15, 0.2) is 64.6 Å². The third-order valence-electron chi connectivity index (χ3n) is 4.84. The number of benzene rings is 2. The number of carbonyl (C=O) groups is 1. The summed E-state index contributed by atoms with van der Waals surface area (Å²) < 4.78 is 5.23. The maximum absolute atomic E-state index is 12.9. The number of allylic oxidation sites excluding steroid dienone is 1. The molecule has 7 heteroatoms. The molecule has 0 fully saturated rings. The normalized spacial score (nSPS) is 19.3. The molecule has 2 heterocycles. The molecule has 1 amide bonds. The summed E-state index contributed by atoms with van der Waals surface area (Å²) in [6.45, 7) is 2.55. The molecule has 4 rings (SSSR count). The van der Waals surface area contributed by atoms with E-state index < -0.39 is 6.04 Å². The molecule has 1 atom stereocenters. The molecule has 0 saturated carbocycles. The summed E-state index contributed by atoms with van der Waals surface area (Å²) in [4.78, 5) is 17.2. The molecule has 0 saturated heterocycles. The van der Waals surface area contributed by atoms with E-state index in [1.54, 1.807) is 7.11 Å². The molecule has 0 spiro atoms. The number of carbonyl (C=O) groups excluding carboxylic acids is 1. The van der Waals surface area contributed by atoms with E-state index in [4.69, 9.17) is 16.3 Å². The van der Waals surface area contributed by atoms with Crippen LogP contribution < -0.4 is 4.74 Å². The van der Waals surface area contributed by atoms with E-state index in [1.807, 2.05) is 65.9 Å². The molecule has 2 aromatic rings. The van der Waals surface area contributed by atoms with Crippen molar-refractivity contribution in [3.8, 4) is 5.75 Å². The molecule has 5 nitrogen and oxygen atoms in total. The van der Waals surface area contributed by atoms with Gasteiger partial charge < -0.3 is 4.74 Å². The molecule has 1 unspecified atom stereocenters. The minimum atomic E-state index is -0.407. The first-order valence-electron chi connectivity index (χ1n) is 8.96. The fourth-order valence-corrected chi connectivity index (χ4v) is 4.43. The molecule has 2 aliphatic rings. The number of hydrogen-bond acceptors (Lipinski definition) is 5. The van der Waals surface area contributed by atoms with Gasteiger partial charge in [-0.05, 0) is 48.1 Å². The van der Waals surface area contributed by atoms with Crippen LogP contribution in [0.5, 0.6) is 5.75 Å². The van der Waals surface area contributed by atoms with Crippen molar-refractivity contribution in [3.63, 3.8) is 0 Å². The van der Waals surface area contributed by atoms with Gasteiger partial charge in [0.2, 0.25) is 0 Å². The summed E-state index contributed by atoms with van der Waals surface area (Å²) >= 11 is 7.88. The van der Waals surface area contributed by atoms with Crippen molar-refractivity contribution in [3.05, 3.63) is 75.8 Å². The van der Waals surface area contributed by atoms with Gasteiger partial charge in [-0.2, -0.15) is 10.0 Å². The van der Waals surface area contributed by atoms with Crippen molar-refractivity contribution >= 4 is 34.4 Å². The summed E-state index contributed by atoms with van der Waals surface area (Å²) in [7, 11) is 1.64. The monoisotopic (exact) mass is 413 g/mol. The van der Waals surface area contributed by atoms with Crippen LogP contribution >= 0.6 is 23.4 Å². The molecule has 0 aliphatic carbocycles. The molecule has 2 aromatic carbocycles. The lowest BCUT2D eigenvalue weighted by Gasteiger charge is -2.41. The maximum atomic E-state index is 12.9. The summed E-state index contributed by atoms with van der Waals surface area (Å²) in [6.07, 6.45) is 0.554. The number of thioether (sulfide) groups is 1. The largest absolute Gasteiger partial charge is 0.497 e. The fourth-order valence-electron chi connectivity index (χ4n) is 3.37. The Hall–Kier alpha value is -2.28. The molecular formula is C21H20ClN3O2S. The Balaban J connectivity index is 1.67. The van der Waals surface area contributed by atoms with Crippen LogP contribution in [0.1, 0.15) is 18.1 Å². The lowest BCUT2D eigenvalue weighted by molar-refractivity contribution is -0.130. The first kappa shape index (κ1) is 19.1. The maximum Gasteiger partial charge on any atom is 0.267 e. The zero-order valence-corrected chi connectivity index (χ0v) is 17.2. The van der Waals surface area contributed by atoms with Crippen LogP contribution in [-0.4, -0.2) is 34.2 Å². The van der Waals surface area contributed by atoms with E-state index in [1.165, 1.54) is 11.8 Å². The minimum absolute atomic E-state index is 0.135. The second-order valence-corrected chi connectivity index (χ2v) is 7.92. The smallest absolute Gasteiger partial charge is 0.267 e. The standard InChI is InChI=1S/C21H20ClN3O2S/c1-14-13-28-21-23-20(26)19(11-15-7-9-17(27-2)10-8-15)24(25(14)21)12-16-5-3-4-6-18(16)22/h3-10,13,19H,11-12H2,1-2H3. The SMILES string of the molecule is COc1ccc(CC2C(=O)N=C3SC=C(C)N3N2Cc2ccccc2Cl)cc1. The molecular weight excluding hydrogens is 394 g/mol. The van der Waals surface area contributed by atoms with E-state index in [0.717, 1.165) is 22.6 Å².